The van der Waals surface area contributed by atoms with Crippen LogP contribution in [-0.2, 0) is 5.41 Å². The number of hydrogen-bond donors (Lipinski definition) is 0. The monoisotopic (exact) mass is 289 g/mol. The normalized spacial score (nSPS) is 16.0. The second kappa shape index (κ2) is 5.96. The largest absolute Gasteiger partial charge is 0.368 e. The van der Waals surface area contributed by atoms with Crippen molar-refractivity contribution < 1.29 is 4.79 Å². The fraction of sp³-hybridized carbons (Fsp3) is 0.588. The van der Waals surface area contributed by atoms with E-state index >= 15 is 0 Å². The predicted molar refractivity (Wildman–Crippen MR) is 88.0 cm³/mol. The van der Waals surface area contributed by atoms with E-state index < -0.39 is 0 Å². The van der Waals surface area contributed by atoms with Crippen LogP contribution in [0, 0.1) is 0 Å². The third kappa shape index (κ3) is 3.69. The summed E-state index contributed by atoms with van der Waals surface area (Å²) in [6.45, 7) is 10.1. The van der Waals surface area contributed by atoms with Crippen molar-refractivity contribution in [3.8, 4) is 0 Å². The molecule has 0 aliphatic carbocycles. The molecular formula is C17H27N3O. The van der Waals surface area contributed by atoms with Crippen LogP contribution in [0.3, 0.4) is 0 Å². The summed E-state index contributed by atoms with van der Waals surface area (Å²) in [6, 6.07) is 8.88. The molecule has 1 aliphatic rings. The summed E-state index contributed by atoms with van der Waals surface area (Å²) in [5, 5.41) is 0. The van der Waals surface area contributed by atoms with Crippen LogP contribution in [0.1, 0.15) is 26.3 Å². The minimum Gasteiger partial charge on any atom is -0.368 e. The van der Waals surface area contributed by atoms with E-state index in [1.165, 1.54) is 11.3 Å². The molecule has 2 rings (SSSR count). The fourth-order valence-electron chi connectivity index (χ4n) is 2.61. The first-order chi connectivity index (χ1) is 9.79. The van der Waals surface area contributed by atoms with E-state index in [9.17, 15) is 4.79 Å². The molecule has 1 aliphatic heterocycles. The number of amides is 2. The van der Waals surface area contributed by atoms with Gasteiger partial charge in [-0.3, -0.25) is 0 Å². The first-order valence-corrected chi connectivity index (χ1v) is 7.61. The Morgan fingerprint density at radius 2 is 1.71 bits per heavy atom. The van der Waals surface area contributed by atoms with Crippen LogP contribution in [0.4, 0.5) is 10.5 Å². The number of carbonyl (C=O) groups is 1. The minimum absolute atomic E-state index is 0.109. The van der Waals surface area contributed by atoms with E-state index in [0.29, 0.717) is 0 Å². The van der Waals surface area contributed by atoms with Crippen LogP contribution in [-0.4, -0.2) is 56.1 Å². The SMILES string of the molecule is CN(C)C(=O)N1CCN(c2cccc(C(C)(C)C)c2)CC1. The van der Waals surface area contributed by atoms with Gasteiger partial charge in [0.05, 0.1) is 0 Å². The van der Waals surface area contributed by atoms with E-state index in [1.54, 1.807) is 4.90 Å². The number of carbonyl (C=O) groups excluding carboxylic acids is 1. The molecule has 21 heavy (non-hydrogen) atoms. The number of urea groups is 1. The second-order valence-corrected chi connectivity index (χ2v) is 6.95. The molecule has 0 spiro atoms. The van der Waals surface area contributed by atoms with Crippen LogP contribution in [0.5, 0.6) is 0 Å². The molecule has 0 saturated carbocycles. The number of anilines is 1. The Balaban J connectivity index is 2.04. The number of rotatable bonds is 1. The van der Waals surface area contributed by atoms with Crippen LogP contribution in [0.2, 0.25) is 0 Å². The van der Waals surface area contributed by atoms with Gasteiger partial charge in [-0.1, -0.05) is 32.9 Å². The molecule has 1 aromatic rings. The van der Waals surface area contributed by atoms with Gasteiger partial charge in [0, 0.05) is 46.0 Å². The summed E-state index contributed by atoms with van der Waals surface area (Å²) in [4.78, 5) is 17.9. The summed E-state index contributed by atoms with van der Waals surface area (Å²) in [6.07, 6.45) is 0. The minimum atomic E-state index is 0.109. The summed E-state index contributed by atoms with van der Waals surface area (Å²) in [5.74, 6) is 0. The summed E-state index contributed by atoms with van der Waals surface area (Å²) in [5.41, 5.74) is 2.78. The topological polar surface area (TPSA) is 26.8 Å². The number of piperazine rings is 1. The van der Waals surface area contributed by atoms with Gasteiger partial charge in [0.25, 0.3) is 0 Å². The Morgan fingerprint density at radius 3 is 2.24 bits per heavy atom. The van der Waals surface area contributed by atoms with Gasteiger partial charge in [-0.05, 0) is 23.1 Å². The van der Waals surface area contributed by atoms with Crippen molar-refractivity contribution in [1.82, 2.24) is 9.80 Å². The first-order valence-electron chi connectivity index (χ1n) is 7.61. The fourth-order valence-corrected chi connectivity index (χ4v) is 2.61. The molecule has 0 aromatic heterocycles. The highest BCUT2D eigenvalue weighted by molar-refractivity contribution is 5.74. The molecule has 2 amide bonds. The van der Waals surface area contributed by atoms with Crippen molar-refractivity contribution in [3.05, 3.63) is 29.8 Å². The molecular weight excluding hydrogens is 262 g/mol. The van der Waals surface area contributed by atoms with Crippen molar-refractivity contribution in [2.45, 2.75) is 26.2 Å². The molecule has 1 saturated heterocycles. The van der Waals surface area contributed by atoms with E-state index in [0.717, 1.165) is 26.2 Å². The molecule has 4 heteroatoms. The van der Waals surface area contributed by atoms with Gasteiger partial charge in [0.2, 0.25) is 0 Å². The molecule has 1 heterocycles. The highest BCUT2D eigenvalue weighted by Crippen LogP contribution is 2.26. The Kier molecular flexibility index (Phi) is 4.45. The van der Waals surface area contributed by atoms with Crippen molar-refractivity contribution in [3.63, 3.8) is 0 Å². The lowest BCUT2D eigenvalue weighted by atomic mass is 9.87. The van der Waals surface area contributed by atoms with Crippen molar-refractivity contribution in [1.29, 1.82) is 0 Å². The maximum Gasteiger partial charge on any atom is 0.319 e. The van der Waals surface area contributed by atoms with Crippen LogP contribution < -0.4 is 4.90 Å². The van der Waals surface area contributed by atoms with Gasteiger partial charge in [0.15, 0.2) is 0 Å². The van der Waals surface area contributed by atoms with Gasteiger partial charge < -0.3 is 14.7 Å². The molecule has 0 atom stereocenters. The Hall–Kier alpha value is -1.71. The zero-order valence-electron chi connectivity index (χ0n) is 13.9. The highest BCUT2D eigenvalue weighted by Gasteiger charge is 2.23. The Bertz CT molecular complexity index is 497. The average molecular weight is 289 g/mol. The van der Waals surface area contributed by atoms with E-state index in [2.05, 4.69) is 49.9 Å². The average Bonchev–Trinajstić information content (AvgIpc) is 2.46. The maximum absolute atomic E-state index is 12.0. The quantitative estimate of drug-likeness (QED) is 0.795. The molecule has 0 radical (unpaired) electrons. The van der Waals surface area contributed by atoms with Crippen LogP contribution >= 0.6 is 0 Å². The zero-order valence-corrected chi connectivity index (χ0v) is 13.9. The first kappa shape index (κ1) is 15.7. The third-order valence-electron chi connectivity index (χ3n) is 4.01. The van der Waals surface area contributed by atoms with Crippen molar-refractivity contribution in [2.75, 3.05) is 45.2 Å². The van der Waals surface area contributed by atoms with Crippen molar-refractivity contribution in [2.24, 2.45) is 0 Å². The predicted octanol–water partition coefficient (Wildman–Crippen LogP) is 2.79. The number of nitrogens with zero attached hydrogens (tertiary/aromatic N) is 3. The van der Waals surface area contributed by atoms with E-state index in [-0.39, 0.29) is 11.4 Å². The third-order valence-corrected chi connectivity index (χ3v) is 4.01. The van der Waals surface area contributed by atoms with Crippen LogP contribution in [0.15, 0.2) is 24.3 Å². The van der Waals surface area contributed by atoms with E-state index in [1.807, 2.05) is 19.0 Å². The molecule has 1 aromatic carbocycles. The smallest absolute Gasteiger partial charge is 0.319 e. The second-order valence-electron chi connectivity index (χ2n) is 6.95. The molecule has 0 unspecified atom stereocenters. The Labute approximate surface area is 128 Å². The zero-order chi connectivity index (χ0) is 15.6. The summed E-state index contributed by atoms with van der Waals surface area (Å²) < 4.78 is 0. The molecule has 0 bridgehead atoms. The summed E-state index contributed by atoms with van der Waals surface area (Å²) >= 11 is 0. The van der Waals surface area contributed by atoms with E-state index in [4.69, 9.17) is 0 Å². The molecule has 1 fully saturated rings. The highest BCUT2D eigenvalue weighted by atomic mass is 16.2. The lowest BCUT2D eigenvalue weighted by Gasteiger charge is -2.37. The number of hydrogen-bond acceptors (Lipinski definition) is 2. The van der Waals surface area contributed by atoms with Gasteiger partial charge in [0.1, 0.15) is 0 Å². The molecule has 116 valence electrons. The van der Waals surface area contributed by atoms with Crippen LogP contribution in [0.25, 0.3) is 0 Å². The Morgan fingerprint density at radius 1 is 1.10 bits per heavy atom. The lowest BCUT2D eigenvalue weighted by molar-refractivity contribution is 0.168. The lowest BCUT2D eigenvalue weighted by Crippen LogP contribution is -2.51. The standard InChI is InChI=1S/C17H27N3O/c1-17(2,3)14-7-6-8-15(13-14)19-9-11-20(12-10-19)16(21)18(4)5/h6-8,13H,9-12H2,1-5H3. The van der Waals surface area contributed by atoms with Gasteiger partial charge in [-0.25, -0.2) is 4.79 Å². The summed E-state index contributed by atoms with van der Waals surface area (Å²) in [7, 11) is 3.61. The maximum atomic E-state index is 12.0. The van der Waals surface area contributed by atoms with Gasteiger partial charge in [-0.15, -0.1) is 0 Å². The molecule has 0 N–H and O–H groups in total. The number of benzene rings is 1. The molecule has 4 nitrogen and oxygen atoms in total. The van der Waals surface area contributed by atoms with Gasteiger partial charge >= 0.3 is 6.03 Å². The van der Waals surface area contributed by atoms with Gasteiger partial charge in [-0.2, -0.15) is 0 Å². The van der Waals surface area contributed by atoms with Crippen molar-refractivity contribution >= 4 is 11.7 Å².